The second kappa shape index (κ2) is 6.93. The third-order valence-corrected chi connectivity index (χ3v) is 4.07. The van der Waals surface area contributed by atoms with Crippen molar-refractivity contribution in [2.45, 2.75) is 25.9 Å². The number of carboxylic acid groups (broad SMARTS) is 1. The maximum atomic E-state index is 11.9. The fourth-order valence-corrected chi connectivity index (χ4v) is 2.42. The first-order valence-corrected chi connectivity index (χ1v) is 7.44. The zero-order valence-electron chi connectivity index (χ0n) is 13.2. The summed E-state index contributed by atoms with van der Waals surface area (Å²) in [6.07, 6.45) is 0. The van der Waals surface area contributed by atoms with Gasteiger partial charge in [-0.15, -0.1) is 0 Å². The van der Waals surface area contributed by atoms with Crippen molar-refractivity contribution >= 4 is 11.9 Å². The summed E-state index contributed by atoms with van der Waals surface area (Å²) < 4.78 is 5.61. The predicted octanol–water partition coefficient (Wildman–Crippen LogP) is 0.791. The fourth-order valence-electron chi connectivity index (χ4n) is 2.42. The summed E-state index contributed by atoms with van der Waals surface area (Å²) in [7, 11) is 2.10. The van der Waals surface area contributed by atoms with Gasteiger partial charge in [0.25, 0.3) is 5.91 Å². The van der Waals surface area contributed by atoms with Crippen LogP contribution >= 0.6 is 0 Å². The Bertz CT molecular complexity index is 535. The van der Waals surface area contributed by atoms with Crippen LogP contribution in [0, 0.1) is 0 Å². The number of likely N-dealkylation sites (N-methyl/N-ethyl adjacent to an activating group) is 1. The monoisotopic (exact) mass is 309 g/mol. The molecular formula is C15H23N3O4. The number of piperazine rings is 1. The van der Waals surface area contributed by atoms with Crippen molar-refractivity contribution in [2.24, 2.45) is 0 Å². The van der Waals surface area contributed by atoms with Gasteiger partial charge in [0, 0.05) is 26.2 Å². The Morgan fingerprint density at radius 3 is 2.45 bits per heavy atom. The molecule has 1 fully saturated rings. The molecule has 2 rings (SSSR count). The first-order chi connectivity index (χ1) is 10.4. The van der Waals surface area contributed by atoms with Gasteiger partial charge in [0.05, 0.1) is 6.04 Å². The molecule has 0 saturated carbocycles. The van der Waals surface area contributed by atoms with E-state index in [0.717, 1.165) is 31.9 Å². The number of carbonyl (C=O) groups excluding carboxylic acids is 1. The minimum atomic E-state index is -1.08. The molecule has 0 aliphatic carbocycles. The van der Waals surface area contributed by atoms with Crippen LogP contribution in [0.1, 0.15) is 36.2 Å². The standard InChI is InChI=1S/C15H23N3O4/c1-10(15(20)21)16-14(19)13-5-4-12(22-13)11(2)18-8-6-17(3)7-9-18/h4-5,10-11H,6-9H2,1-3H3,(H,16,19)(H,20,21). The number of nitrogens with one attached hydrogen (secondary N) is 1. The molecule has 122 valence electrons. The Kier molecular flexibility index (Phi) is 5.20. The zero-order chi connectivity index (χ0) is 16.3. The third-order valence-electron chi connectivity index (χ3n) is 4.07. The fraction of sp³-hybridized carbons (Fsp3) is 0.600. The molecule has 2 atom stereocenters. The van der Waals surface area contributed by atoms with E-state index in [9.17, 15) is 9.59 Å². The van der Waals surface area contributed by atoms with Crippen molar-refractivity contribution in [3.8, 4) is 0 Å². The van der Waals surface area contributed by atoms with Crippen molar-refractivity contribution in [2.75, 3.05) is 33.2 Å². The van der Waals surface area contributed by atoms with Crippen LogP contribution in [0.3, 0.4) is 0 Å². The lowest BCUT2D eigenvalue weighted by atomic mass is 10.2. The molecule has 7 nitrogen and oxygen atoms in total. The minimum Gasteiger partial charge on any atom is -0.480 e. The predicted molar refractivity (Wildman–Crippen MR) is 80.8 cm³/mol. The summed E-state index contributed by atoms with van der Waals surface area (Å²) in [4.78, 5) is 27.3. The lowest BCUT2D eigenvalue weighted by Gasteiger charge is -2.35. The van der Waals surface area contributed by atoms with Crippen LogP contribution in [-0.4, -0.2) is 66.1 Å². The number of hydrogen-bond acceptors (Lipinski definition) is 5. The molecule has 0 bridgehead atoms. The Morgan fingerprint density at radius 1 is 1.23 bits per heavy atom. The summed E-state index contributed by atoms with van der Waals surface area (Å²) in [5.74, 6) is -0.723. The highest BCUT2D eigenvalue weighted by molar-refractivity contribution is 5.94. The number of furan rings is 1. The summed E-state index contributed by atoms with van der Waals surface area (Å²) in [6, 6.07) is 2.51. The molecule has 2 N–H and O–H groups in total. The number of nitrogens with zero attached hydrogens (tertiary/aromatic N) is 2. The van der Waals surface area contributed by atoms with Crippen LogP contribution in [0.4, 0.5) is 0 Å². The lowest BCUT2D eigenvalue weighted by Crippen LogP contribution is -2.45. The molecule has 7 heteroatoms. The second-order valence-electron chi connectivity index (χ2n) is 5.75. The van der Waals surface area contributed by atoms with E-state index in [1.807, 2.05) is 6.92 Å². The molecule has 1 aromatic rings. The second-order valence-corrected chi connectivity index (χ2v) is 5.75. The minimum absolute atomic E-state index is 0.0900. The maximum Gasteiger partial charge on any atom is 0.325 e. The maximum absolute atomic E-state index is 11.9. The van der Waals surface area contributed by atoms with Crippen molar-refractivity contribution < 1.29 is 19.1 Å². The van der Waals surface area contributed by atoms with Crippen LogP contribution in [0.2, 0.25) is 0 Å². The molecule has 1 aliphatic heterocycles. The average molecular weight is 309 g/mol. The first-order valence-electron chi connectivity index (χ1n) is 7.44. The van der Waals surface area contributed by atoms with Gasteiger partial charge >= 0.3 is 5.97 Å². The normalized spacial score (nSPS) is 19.6. The number of aliphatic carboxylic acids is 1. The van der Waals surface area contributed by atoms with Crippen molar-refractivity contribution in [1.29, 1.82) is 0 Å². The van der Waals surface area contributed by atoms with Crippen molar-refractivity contribution in [3.63, 3.8) is 0 Å². The van der Waals surface area contributed by atoms with Gasteiger partial charge in [0.2, 0.25) is 0 Å². The van der Waals surface area contributed by atoms with E-state index in [2.05, 4.69) is 22.2 Å². The van der Waals surface area contributed by atoms with Crippen LogP contribution in [0.5, 0.6) is 0 Å². The van der Waals surface area contributed by atoms with Gasteiger partial charge in [0.1, 0.15) is 11.8 Å². The molecule has 0 radical (unpaired) electrons. The molecule has 0 spiro atoms. The molecule has 22 heavy (non-hydrogen) atoms. The molecule has 2 heterocycles. The Balaban J connectivity index is 1.98. The highest BCUT2D eigenvalue weighted by Crippen LogP contribution is 2.23. The summed E-state index contributed by atoms with van der Waals surface area (Å²) in [6.45, 7) is 7.39. The first kappa shape index (κ1) is 16.5. The van der Waals surface area contributed by atoms with Crippen molar-refractivity contribution in [1.82, 2.24) is 15.1 Å². The summed E-state index contributed by atoms with van der Waals surface area (Å²) in [5, 5.41) is 11.2. The van der Waals surface area contributed by atoms with Gasteiger partial charge in [-0.3, -0.25) is 14.5 Å². The van der Waals surface area contributed by atoms with E-state index in [0.29, 0.717) is 0 Å². The molecule has 1 amide bonds. The topological polar surface area (TPSA) is 86.0 Å². The number of rotatable bonds is 5. The van der Waals surface area contributed by atoms with E-state index >= 15 is 0 Å². The van der Waals surface area contributed by atoms with Gasteiger partial charge in [-0.05, 0) is 33.0 Å². The average Bonchev–Trinajstić information content (AvgIpc) is 2.97. The van der Waals surface area contributed by atoms with E-state index in [1.165, 1.54) is 6.92 Å². The van der Waals surface area contributed by atoms with Gasteiger partial charge in [-0.2, -0.15) is 0 Å². The highest BCUT2D eigenvalue weighted by atomic mass is 16.4. The summed E-state index contributed by atoms with van der Waals surface area (Å²) in [5.41, 5.74) is 0. The number of hydrogen-bond donors (Lipinski definition) is 2. The van der Waals surface area contributed by atoms with E-state index in [-0.39, 0.29) is 11.8 Å². The quantitative estimate of drug-likeness (QED) is 0.836. The molecule has 0 aromatic carbocycles. The Hall–Kier alpha value is -1.86. The number of carbonyl (C=O) groups is 2. The van der Waals surface area contributed by atoms with Gasteiger partial charge < -0.3 is 19.7 Å². The van der Waals surface area contributed by atoms with Crippen molar-refractivity contribution in [3.05, 3.63) is 23.7 Å². The largest absolute Gasteiger partial charge is 0.480 e. The zero-order valence-corrected chi connectivity index (χ0v) is 13.2. The van der Waals surface area contributed by atoms with E-state index in [1.54, 1.807) is 12.1 Å². The SMILES string of the molecule is CC(NC(=O)c1ccc(C(C)N2CCN(C)CC2)o1)C(=O)O. The van der Waals surface area contributed by atoms with Crippen LogP contribution in [0.15, 0.2) is 16.5 Å². The molecule has 1 aromatic heterocycles. The smallest absolute Gasteiger partial charge is 0.325 e. The molecule has 1 aliphatic rings. The number of amides is 1. The highest BCUT2D eigenvalue weighted by Gasteiger charge is 2.24. The lowest BCUT2D eigenvalue weighted by molar-refractivity contribution is -0.138. The van der Waals surface area contributed by atoms with Gasteiger partial charge in [-0.25, -0.2) is 0 Å². The molecule has 1 saturated heterocycles. The van der Waals surface area contributed by atoms with Gasteiger partial charge in [-0.1, -0.05) is 0 Å². The van der Waals surface area contributed by atoms with E-state index < -0.39 is 17.9 Å². The van der Waals surface area contributed by atoms with E-state index in [4.69, 9.17) is 9.52 Å². The molecular weight excluding hydrogens is 286 g/mol. The Labute approximate surface area is 129 Å². The summed E-state index contributed by atoms with van der Waals surface area (Å²) >= 11 is 0. The van der Waals surface area contributed by atoms with Crippen LogP contribution in [-0.2, 0) is 4.79 Å². The number of carboxylic acids is 1. The molecule has 2 unspecified atom stereocenters. The Morgan fingerprint density at radius 2 is 1.86 bits per heavy atom. The van der Waals surface area contributed by atoms with Gasteiger partial charge in [0.15, 0.2) is 5.76 Å². The van der Waals surface area contributed by atoms with Crippen LogP contribution < -0.4 is 5.32 Å². The van der Waals surface area contributed by atoms with Crippen LogP contribution in [0.25, 0.3) is 0 Å². The third kappa shape index (κ3) is 3.86.